The summed E-state index contributed by atoms with van der Waals surface area (Å²) in [4.78, 5) is 24.8. The smallest absolute Gasteiger partial charge is 0.252 e. The van der Waals surface area contributed by atoms with Crippen LogP contribution in [-0.2, 0) is 26.0 Å². The number of hydrogen-bond donors (Lipinski definition) is 2. The Bertz CT molecular complexity index is 1020. The largest absolute Gasteiger partial charge is 0.379 e. The molecule has 30 heavy (non-hydrogen) atoms. The second-order valence-electron chi connectivity index (χ2n) is 6.91. The normalized spacial score (nSPS) is 16.0. The van der Waals surface area contributed by atoms with Crippen LogP contribution in [0.4, 0.5) is 0 Å². The molecule has 2 amide bonds. The molecule has 9 heteroatoms. The molecule has 0 aromatic heterocycles. The SMILES string of the molecule is CCc1ccc(C(=O)NC(C(N)=O)c2ccccc2)cc1S(=O)(=O)N1CCOCC1. The highest BCUT2D eigenvalue weighted by atomic mass is 32.2. The molecule has 3 rings (SSSR count). The second-order valence-corrected chi connectivity index (χ2v) is 8.82. The number of aryl methyl sites for hydroxylation is 1. The standard InChI is InChI=1S/C21H25N3O5S/c1-2-15-8-9-17(14-18(15)30(27,28)24-10-12-29-13-11-24)21(26)23-19(20(22)25)16-6-4-3-5-7-16/h3-9,14,19H,2,10-13H2,1H3,(H2,22,25)(H,23,26). The molecular weight excluding hydrogens is 406 g/mol. The van der Waals surface area contributed by atoms with Crippen LogP contribution in [0.15, 0.2) is 53.4 Å². The highest BCUT2D eigenvalue weighted by molar-refractivity contribution is 7.89. The van der Waals surface area contributed by atoms with Crippen LogP contribution in [0.1, 0.15) is 34.5 Å². The molecule has 1 aliphatic rings. The molecule has 0 radical (unpaired) electrons. The Morgan fingerprint density at radius 2 is 1.80 bits per heavy atom. The van der Waals surface area contributed by atoms with Crippen molar-refractivity contribution in [1.82, 2.24) is 9.62 Å². The maximum atomic E-state index is 13.2. The van der Waals surface area contributed by atoms with E-state index in [1.54, 1.807) is 42.5 Å². The molecule has 2 aromatic rings. The highest BCUT2D eigenvalue weighted by Crippen LogP contribution is 2.24. The zero-order valence-corrected chi connectivity index (χ0v) is 17.5. The zero-order chi connectivity index (χ0) is 21.7. The molecule has 1 unspecified atom stereocenters. The summed E-state index contributed by atoms with van der Waals surface area (Å²) in [5.41, 5.74) is 6.77. The minimum atomic E-state index is -3.78. The van der Waals surface area contributed by atoms with Crippen molar-refractivity contribution in [3.8, 4) is 0 Å². The van der Waals surface area contributed by atoms with Gasteiger partial charge < -0.3 is 15.8 Å². The first-order valence-electron chi connectivity index (χ1n) is 9.70. The van der Waals surface area contributed by atoms with E-state index in [1.165, 1.54) is 10.4 Å². The number of carbonyl (C=O) groups is 2. The van der Waals surface area contributed by atoms with Crippen LogP contribution in [0.3, 0.4) is 0 Å². The number of nitrogens with one attached hydrogen (secondary N) is 1. The monoisotopic (exact) mass is 431 g/mol. The maximum Gasteiger partial charge on any atom is 0.252 e. The lowest BCUT2D eigenvalue weighted by atomic mass is 10.0. The summed E-state index contributed by atoms with van der Waals surface area (Å²) < 4.78 is 32.9. The Kier molecular flexibility index (Phi) is 6.86. The number of hydrogen-bond acceptors (Lipinski definition) is 5. The van der Waals surface area contributed by atoms with E-state index in [-0.39, 0.29) is 23.5 Å². The van der Waals surface area contributed by atoms with Gasteiger partial charge in [0.2, 0.25) is 15.9 Å². The quantitative estimate of drug-likeness (QED) is 0.683. The number of nitrogens with two attached hydrogens (primary N) is 1. The number of sulfonamides is 1. The number of morpholine rings is 1. The fraction of sp³-hybridized carbons (Fsp3) is 0.333. The van der Waals surface area contributed by atoms with Gasteiger partial charge in [0.1, 0.15) is 6.04 Å². The van der Waals surface area contributed by atoms with E-state index in [4.69, 9.17) is 10.5 Å². The Hall–Kier alpha value is -2.75. The number of nitrogens with zero attached hydrogens (tertiary/aromatic N) is 1. The lowest BCUT2D eigenvalue weighted by Crippen LogP contribution is -2.41. The van der Waals surface area contributed by atoms with Gasteiger partial charge in [0.25, 0.3) is 5.91 Å². The van der Waals surface area contributed by atoms with E-state index in [1.807, 2.05) is 6.92 Å². The summed E-state index contributed by atoms with van der Waals surface area (Å²) in [6.45, 7) is 3.04. The minimum absolute atomic E-state index is 0.0925. The molecule has 2 aromatic carbocycles. The fourth-order valence-corrected chi connectivity index (χ4v) is 5.06. The lowest BCUT2D eigenvalue weighted by molar-refractivity contribution is -0.120. The van der Waals surface area contributed by atoms with Gasteiger partial charge >= 0.3 is 0 Å². The minimum Gasteiger partial charge on any atom is -0.379 e. The van der Waals surface area contributed by atoms with Crippen LogP contribution < -0.4 is 11.1 Å². The summed E-state index contributed by atoms with van der Waals surface area (Å²) >= 11 is 0. The van der Waals surface area contributed by atoms with Gasteiger partial charge in [0.15, 0.2) is 0 Å². The summed E-state index contributed by atoms with van der Waals surface area (Å²) in [5, 5.41) is 2.60. The number of ether oxygens (including phenoxy) is 1. The first-order chi connectivity index (χ1) is 14.3. The fourth-order valence-electron chi connectivity index (χ4n) is 3.33. The summed E-state index contributed by atoms with van der Waals surface area (Å²) in [6, 6.07) is 12.1. The van der Waals surface area contributed by atoms with Gasteiger partial charge in [-0.2, -0.15) is 4.31 Å². The van der Waals surface area contributed by atoms with Crippen molar-refractivity contribution in [1.29, 1.82) is 0 Å². The van der Waals surface area contributed by atoms with E-state index in [2.05, 4.69) is 5.32 Å². The summed E-state index contributed by atoms with van der Waals surface area (Å²) in [5.74, 6) is -1.29. The number of amides is 2. The van der Waals surface area contributed by atoms with Crippen molar-refractivity contribution < 1.29 is 22.7 Å². The van der Waals surface area contributed by atoms with Gasteiger partial charge in [0, 0.05) is 18.7 Å². The van der Waals surface area contributed by atoms with E-state index in [9.17, 15) is 18.0 Å². The predicted molar refractivity (Wildman–Crippen MR) is 111 cm³/mol. The average molecular weight is 432 g/mol. The van der Waals surface area contributed by atoms with Crippen molar-refractivity contribution in [2.45, 2.75) is 24.3 Å². The third-order valence-electron chi connectivity index (χ3n) is 4.99. The van der Waals surface area contributed by atoms with E-state index < -0.39 is 27.9 Å². The molecular formula is C21H25N3O5S. The number of benzene rings is 2. The van der Waals surface area contributed by atoms with Crippen LogP contribution in [0.5, 0.6) is 0 Å². The Morgan fingerprint density at radius 1 is 1.13 bits per heavy atom. The molecule has 1 fully saturated rings. The van der Waals surface area contributed by atoms with E-state index in [0.29, 0.717) is 30.8 Å². The Morgan fingerprint density at radius 3 is 2.40 bits per heavy atom. The highest BCUT2D eigenvalue weighted by Gasteiger charge is 2.29. The average Bonchev–Trinajstić information content (AvgIpc) is 2.77. The molecule has 1 atom stereocenters. The van der Waals surface area contributed by atoms with Crippen LogP contribution in [0.2, 0.25) is 0 Å². The molecule has 0 spiro atoms. The van der Waals surface area contributed by atoms with Crippen molar-refractivity contribution in [3.05, 3.63) is 65.2 Å². The number of rotatable bonds is 7. The van der Waals surface area contributed by atoms with Crippen LogP contribution >= 0.6 is 0 Å². The first kappa shape index (κ1) is 21.9. The summed E-state index contributed by atoms with van der Waals surface area (Å²) in [6.07, 6.45) is 0.495. The van der Waals surface area contributed by atoms with Crippen molar-refractivity contribution >= 4 is 21.8 Å². The van der Waals surface area contributed by atoms with Crippen molar-refractivity contribution in [2.75, 3.05) is 26.3 Å². The Labute approximate surface area is 176 Å². The first-order valence-corrected chi connectivity index (χ1v) is 11.1. The molecule has 0 saturated carbocycles. The molecule has 160 valence electrons. The van der Waals surface area contributed by atoms with Gasteiger partial charge in [-0.15, -0.1) is 0 Å². The molecule has 0 bridgehead atoms. The molecule has 1 heterocycles. The molecule has 1 saturated heterocycles. The zero-order valence-electron chi connectivity index (χ0n) is 16.7. The molecule has 3 N–H and O–H groups in total. The molecule has 0 aliphatic carbocycles. The van der Waals surface area contributed by atoms with E-state index in [0.717, 1.165) is 0 Å². The van der Waals surface area contributed by atoms with Gasteiger partial charge in [-0.1, -0.05) is 43.3 Å². The van der Waals surface area contributed by atoms with Gasteiger partial charge in [-0.25, -0.2) is 8.42 Å². The second kappa shape index (κ2) is 9.38. The third kappa shape index (κ3) is 4.69. The third-order valence-corrected chi connectivity index (χ3v) is 6.97. The van der Waals surface area contributed by atoms with Gasteiger partial charge in [-0.05, 0) is 29.7 Å². The maximum absolute atomic E-state index is 13.2. The van der Waals surface area contributed by atoms with Crippen LogP contribution in [-0.4, -0.2) is 50.8 Å². The number of carbonyl (C=O) groups excluding carboxylic acids is 2. The lowest BCUT2D eigenvalue weighted by Gasteiger charge is -2.27. The summed E-state index contributed by atoms with van der Waals surface area (Å²) in [7, 11) is -3.78. The van der Waals surface area contributed by atoms with Gasteiger partial charge in [0.05, 0.1) is 18.1 Å². The van der Waals surface area contributed by atoms with Crippen molar-refractivity contribution in [3.63, 3.8) is 0 Å². The van der Waals surface area contributed by atoms with Crippen molar-refractivity contribution in [2.24, 2.45) is 5.73 Å². The van der Waals surface area contributed by atoms with E-state index >= 15 is 0 Å². The molecule has 1 aliphatic heterocycles. The van der Waals surface area contributed by atoms with Crippen LogP contribution in [0.25, 0.3) is 0 Å². The predicted octanol–water partition coefficient (Wildman–Crippen LogP) is 1.23. The number of primary amides is 1. The molecule has 8 nitrogen and oxygen atoms in total. The topological polar surface area (TPSA) is 119 Å². The van der Waals surface area contributed by atoms with Gasteiger partial charge in [-0.3, -0.25) is 9.59 Å². The van der Waals surface area contributed by atoms with Crippen LogP contribution in [0, 0.1) is 0 Å². The Balaban J connectivity index is 1.92.